The van der Waals surface area contributed by atoms with E-state index in [0.717, 1.165) is 11.1 Å². The maximum Gasteiger partial charge on any atom is 0.407 e. The third-order valence-electron chi connectivity index (χ3n) is 2.31. The Morgan fingerprint density at radius 1 is 1.36 bits per heavy atom. The molecular formula is C11H11NO2. The molecule has 1 aromatic carbocycles. The number of hydrogen-bond acceptors (Lipinski definition) is 1. The van der Waals surface area contributed by atoms with E-state index in [0.29, 0.717) is 13.1 Å². The van der Waals surface area contributed by atoms with Gasteiger partial charge in [-0.15, -0.1) is 0 Å². The van der Waals surface area contributed by atoms with Gasteiger partial charge in [-0.25, -0.2) is 4.79 Å². The van der Waals surface area contributed by atoms with Gasteiger partial charge in [0.15, 0.2) is 0 Å². The fourth-order valence-electron chi connectivity index (χ4n) is 1.56. The zero-order valence-corrected chi connectivity index (χ0v) is 7.68. The van der Waals surface area contributed by atoms with E-state index in [4.69, 9.17) is 5.11 Å². The van der Waals surface area contributed by atoms with Crippen LogP contribution in [0.5, 0.6) is 0 Å². The van der Waals surface area contributed by atoms with Crippen LogP contribution in [0.3, 0.4) is 0 Å². The molecular weight excluding hydrogens is 178 g/mol. The lowest BCUT2D eigenvalue weighted by Gasteiger charge is -2.15. The number of hydrogen-bond donors (Lipinski definition) is 1. The van der Waals surface area contributed by atoms with Crippen molar-refractivity contribution in [2.75, 3.05) is 6.54 Å². The smallest absolute Gasteiger partial charge is 0.407 e. The van der Waals surface area contributed by atoms with Crippen molar-refractivity contribution in [1.29, 1.82) is 0 Å². The molecule has 0 saturated heterocycles. The summed E-state index contributed by atoms with van der Waals surface area (Å²) in [7, 11) is 0. The Labute approximate surface area is 82.3 Å². The van der Waals surface area contributed by atoms with Gasteiger partial charge in [0.05, 0.1) is 0 Å². The van der Waals surface area contributed by atoms with Gasteiger partial charge in [0, 0.05) is 13.1 Å². The molecule has 72 valence electrons. The van der Waals surface area contributed by atoms with E-state index in [-0.39, 0.29) is 0 Å². The summed E-state index contributed by atoms with van der Waals surface area (Å²) in [6.07, 6.45) is 2.98. The molecule has 0 spiro atoms. The molecule has 1 aliphatic rings. The summed E-state index contributed by atoms with van der Waals surface area (Å²) in [6, 6.07) is 7.84. The topological polar surface area (TPSA) is 40.5 Å². The standard InChI is InChI=1S/C11H11NO2/c13-11(14)12-7-3-6-9-4-1-2-5-10(9)8-12/h1-6H,7-8H2,(H,13,14). The second-order valence-corrected chi connectivity index (χ2v) is 3.26. The summed E-state index contributed by atoms with van der Waals surface area (Å²) in [4.78, 5) is 12.2. The van der Waals surface area contributed by atoms with Crippen molar-refractivity contribution in [3.05, 3.63) is 41.5 Å². The third-order valence-corrected chi connectivity index (χ3v) is 2.31. The summed E-state index contributed by atoms with van der Waals surface area (Å²) in [5.41, 5.74) is 2.17. The molecule has 0 bridgehead atoms. The van der Waals surface area contributed by atoms with Crippen LogP contribution in [0.1, 0.15) is 11.1 Å². The van der Waals surface area contributed by atoms with Crippen molar-refractivity contribution in [3.63, 3.8) is 0 Å². The van der Waals surface area contributed by atoms with E-state index in [9.17, 15) is 4.79 Å². The highest BCUT2D eigenvalue weighted by atomic mass is 16.4. The molecule has 1 N–H and O–H groups in total. The Morgan fingerprint density at radius 2 is 2.14 bits per heavy atom. The Bertz CT molecular complexity index is 385. The Hall–Kier alpha value is -1.77. The molecule has 3 nitrogen and oxygen atoms in total. The highest BCUT2D eigenvalue weighted by Gasteiger charge is 2.14. The number of nitrogens with zero attached hydrogens (tertiary/aromatic N) is 1. The zero-order chi connectivity index (χ0) is 9.97. The molecule has 0 aliphatic carbocycles. The molecule has 1 amide bonds. The molecule has 1 aromatic rings. The van der Waals surface area contributed by atoms with Crippen LogP contribution in [0.2, 0.25) is 0 Å². The van der Waals surface area contributed by atoms with Gasteiger partial charge < -0.3 is 10.0 Å². The average Bonchev–Trinajstić information content (AvgIpc) is 2.39. The van der Waals surface area contributed by atoms with Gasteiger partial charge in [-0.05, 0) is 11.1 Å². The highest BCUT2D eigenvalue weighted by molar-refractivity contribution is 5.67. The van der Waals surface area contributed by atoms with Crippen molar-refractivity contribution >= 4 is 12.2 Å². The molecule has 2 rings (SSSR count). The van der Waals surface area contributed by atoms with Crippen LogP contribution in [0.15, 0.2) is 30.3 Å². The minimum Gasteiger partial charge on any atom is -0.465 e. The normalized spacial score (nSPS) is 14.7. The largest absolute Gasteiger partial charge is 0.465 e. The number of carboxylic acid groups (broad SMARTS) is 1. The van der Waals surface area contributed by atoms with E-state index in [2.05, 4.69) is 0 Å². The monoisotopic (exact) mass is 189 g/mol. The van der Waals surface area contributed by atoms with Crippen molar-refractivity contribution in [3.8, 4) is 0 Å². The first kappa shape index (κ1) is 8.81. The van der Waals surface area contributed by atoms with Gasteiger partial charge in [0.2, 0.25) is 0 Å². The number of benzene rings is 1. The fraction of sp³-hybridized carbons (Fsp3) is 0.182. The van der Waals surface area contributed by atoms with E-state index in [1.54, 1.807) is 0 Å². The summed E-state index contributed by atoms with van der Waals surface area (Å²) in [6.45, 7) is 0.933. The number of rotatable bonds is 0. The minimum absolute atomic E-state index is 0.462. The van der Waals surface area contributed by atoms with Crippen LogP contribution >= 0.6 is 0 Å². The fourth-order valence-corrected chi connectivity index (χ4v) is 1.56. The summed E-state index contributed by atoms with van der Waals surface area (Å²) >= 11 is 0. The van der Waals surface area contributed by atoms with Crippen LogP contribution in [-0.4, -0.2) is 22.6 Å². The lowest BCUT2D eigenvalue weighted by molar-refractivity contribution is 0.148. The second-order valence-electron chi connectivity index (χ2n) is 3.26. The summed E-state index contributed by atoms with van der Waals surface area (Å²) in [5.74, 6) is 0. The van der Waals surface area contributed by atoms with E-state index in [1.807, 2.05) is 36.4 Å². The van der Waals surface area contributed by atoms with Crippen LogP contribution in [0, 0.1) is 0 Å². The quantitative estimate of drug-likeness (QED) is 0.679. The SMILES string of the molecule is O=C(O)N1CC=Cc2ccccc2C1. The molecule has 0 aromatic heterocycles. The first-order chi connectivity index (χ1) is 6.77. The lowest BCUT2D eigenvalue weighted by atomic mass is 10.1. The molecule has 0 unspecified atom stereocenters. The Balaban J connectivity index is 2.34. The molecule has 0 atom stereocenters. The van der Waals surface area contributed by atoms with E-state index in [1.165, 1.54) is 4.90 Å². The maximum absolute atomic E-state index is 10.8. The average molecular weight is 189 g/mol. The number of fused-ring (bicyclic) bond motifs is 1. The molecule has 1 heterocycles. The van der Waals surface area contributed by atoms with Crippen LogP contribution in [0.25, 0.3) is 6.08 Å². The Kier molecular flexibility index (Phi) is 2.23. The maximum atomic E-state index is 10.8. The number of amides is 1. The minimum atomic E-state index is -0.869. The van der Waals surface area contributed by atoms with Gasteiger partial charge in [-0.1, -0.05) is 36.4 Å². The van der Waals surface area contributed by atoms with Gasteiger partial charge >= 0.3 is 6.09 Å². The van der Waals surface area contributed by atoms with Crippen LogP contribution < -0.4 is 0 Å². The van der Waals surface area contributed by atoms with Crippen molar-refractivity contribution in [1.82, 2.24) is 4.90 Å². The van der Waals surface area contributed by atoms with Crippen LogP contribution in [-0.2, 0) is 6.54 Å². The lowest BCUT2D eigenvalue weighted by Crippen LogP contribution is -2.28. The van der Waals surface area contributed by atoms with E-state index < -0.39 is 6.09 Å². The molecule has 1 aliphatic heterocycles. The first-order valence-corrected chi connectivity index (χ1v) is 4.49. The predicted octanol–water partition coefficient (Wildman–Crippen LogP) is 2.19. The van der Waals surface area contributed by atoms with Crippen molar-refractivity contribution < 1.29 is 9.90 Å². The van der Waals surface area contributed by atoms with Gasteiger partial charge in [0.25, 0.3) is 0 Å². The van der Waals surface area contributed by atoms with Crippen LogP contribution in [0.4, 0.5) is 4.79 Å². The second kappa shape index (κ2) is 3.54. The third kappa shape index (κ3) is 1.62. The van der Waals surface area contributed by atoms with Crippen molar-refractivity contribution in [2.45, 2.75) is 6.54 Å². The number of carbonyl (C=O) groups is 1. The summed E-state index contributed by atoms with van der Waals surface area (Å²) in [5, 5.41) is 8.88. The van der Waals surface area contributed by atoms with E-state index >= 15 is 0 Å². The first-order valence-electron chi connectivity index (χ1n) is 4.49. The predicted molar refractivity (Wildman–Crippen MR) is 53.9 cm³/mol. The van der Waals surface area contributed by atoms with Gasteiger partial charge in [0.1, 0.15) is 0 Å². The molecule has 3 heteroatoms. The Morgan fingerprint density at radius 3 is 2.93 bits per heavy atom. The van der Waals surface area contributed by atoms with Gasteiger partial charge in [-0.3, -0.25) is 0 Å². The molecule has 0 saturated carbocycles. The zero-order valence-electron chi connectivity index (χ0n) is 7.68. The summed E-state index contributed by atoms with van der Waals surface area (Å²) < 4.78 is 0. The molecule has 0 radical (unpaired) electrons. The molecule has 14 heavy (non-hydrogen) atoms. The highest BCUT2D eigenvalue weighted by Crippen LogP contribution is 2.16. The van der Waals surface area contributed by atoms with Gasteiger partial charge in [-0.2, -0.15) is 0 Å². The van der Waals surface area contributed by atoms with Crippen molar-refractivity contribution in [2.24, 2.45) is 0 Å². The molecule has 0 fully saturated rings.